The molecule has 0 radical (unpaired) electrons. The zero-order valence-electron chi connectivity index (χ0n) is 5.51. The van der Waals surface area contributed by atoms with Crippen molar-refractivity contribution in [1.29, 1.82) is 0 Å². The van der Waals surface area contributed by atoms with Gasteiger partial charge < -0.3 is 0 Å². The van der Waals surface area contributed by atoms with Crippen molar-refractivity contribution < 1.29 is 0 Å². The van der Waals surface area contributed by atoms with Crippen LogP contribution in [-0.2, 0) is 0 Å². The van der Waals surface area contributed by atoms with Crippen LogP contribution < -0.4 is 0 Å². The maximum absolute atomic E-state index is 3.84. The molecule has 0 aromatic carbocycles. The van der Waals surface area contributed by atoms with E-state index >= 15 is 0 Å². The van der Waals surface area contributed by atoms with Crippen LogP contribution in [-0.4, -0.2) is 36.7 Å². The Labute approximate surface area is 58.2 Å². The fraction of sp³-hybridized carbons (Fsp3) is 1.00. The van der Waals surface area contributed by atoms with Gasteiger partial charge in [-0.15, -0.1) is 0 Å². The predicted octanol–water partition coefficient (Wildman–Crippen LogP) is 0.267. The molecular formula is C4H8N6. The summed E-state index contributed by atoms with van der Waals surface area (Å²) >= 11 is 0. The van der Waals surface area contributed by atoms with Gasteiger partial charge in [-0.1, -0.05) is 0 Å². The Morgan fingerprint density at radius 2 is 0.900 bits per heavy atom. The van der Waals surface area contributed by atoms with Gasteiger partial charge in [0.1, 0.15) is 26.7 Å². The van der Waals surface area contributed by atoms with E-state index in [9.17, 15) is 0 Å². The first-order chi connectivity index (χ1) is 4.97. The summed E-state index contributed by atoms with van der Waals surface area (Å²) in [6.07, 6.45) is 0. The lowest BCUT2D eigenvalue weighted by Gasteiger charge is -2.21. The largest absolute Gasteiger partial charge is 0.192 e. The smallest absolute Gasteiger partial charge is 0.127 e. The summed E-state index contributed by atoms with van der Waals surface area (Å²) in [6, 6.07) is 0. The molecule has 2 aliphatic rings. The normalized spacial score (nSPS) is 26.8. The summed E-state index contributed by atoms with van der Waals surface area (Å²) in [5, 5.41) is 19.4. The highest BCUT2D eigenvalue weighted by molar-refractivity contribution is 4.59. The molecule has 0 saturated carbocycles. The van der Waals surface area contributed by atoms with Gasteiger partial charge in [0.05, 0.1) is 0 Å². The minimum absolute atomic E-state index is 0.658. The van der Waals surface area contributed by atoms with Crippen molar-refractivity contribution in [3.8, 4) is 0 Å². The minimum Gasteiger partial charge on any atom is -0.192 e. The average molecular weight is 140 g/mol. The molecule has 0 unspecified atom stereocenters. The van der Waals surface area contributed by atoms with Crippen molar-refractivity contribution in [3.63, 3.8) is 0 Å². The molecule has 0 aromatic rings. The SMILES string of the molecule is C1N=NCN1N1CN=NC1. The summed E-state index contributed by atoms with van der Waals surface area (Å²) in [5.74, 6) is 0. The number of hydrogen-bond donors (Lipinski definition) is 0. The second kappa shape index (κ2) is 2.39. The van der Waals surface area contributed by atoms with E-state index in [0.29, 0.717) is 26.7 Å². The van der Waals surface area contributed by atoms with E-state index in [0.717, 1.165) is 0 Å². The molecule has 0 bridgehead atoms. The van der Waals surface area contributed by atoms with E-state index in [4.69, 9.17) is 0 Å². The number of azo groups is 2. The summed E-state index contributed by atoms with van der Waals surface area (Å²) in [4.78, 5) is 0. The van der Waals surface area contributed by atoms with E-state index in [1.807, 2.05) is 10.0 Å². The van der Waals surface area contributed by atoms with E-state index in [1.54, 1.807) is 0 Å². The van der Waals surface area contributed by atoms with Crippen LogP contribution in [0.4, 0.5) is 0 Å². The summed E-state index contributed by atoms with van der Waals surface area (Å²) in [7, 11) is 0. The van der Waals surface area contributed by atoms with Gasteiger partial charge in [-0.05, 0) is 0 Å². The molecule has 0 spiro atoms. The second-order valence-corrected chi connectivity index (χ2v) is 2.14. The maximum Gasteiger partial charge on any atom is 0.127 e. The molecule has 10 heavy (non-hydrogen) atoms. The first kappa shape index (κ1) is 5.87. The van der Waals surface area contributed by atoms with Crippen molar-refractivity contribution in [2.75, 3.05) is 26.7 Å². The van der Waals surface area contributed by atoms with Gasteiger partial charge >= 0.3 is 0 Å². The van der Waals surface area contributed by atoms with Gasteiger partial charge in [0.25, 0.3) is 0 Å². The Morgan fingerprint density at radius 3 is 1.20 bits per heavy atom. The fourth-order valence-corrected chi connectivity index (χ4v) is 0.918. The van der Waals surface area contributed by atoms with Gasteiger partial charge in [-0.2, -0.15) is 30.5 Å². The van der Waals surface area contributed by atoms with Crippen LogP contribution >= 0.6 is 0 Å². The summed E-state index contributed by atoms with van der Waals surface area (Å²) < 4.78 is 0. The highest BCUT2D eigenvalue weighted by Gasteiger charge is 2.19. The molecule has 2 heterocycles. The van der Waals surface area contributed by atoms with Gasteiger partial charge in [0.15, 0.2) is 0 Å². The first-order valence-electron chi connectivity index (χ1n) is 3.13. The highest BCUT2D eigenvalue weighted by Crippen LogP contribution is 2.08. The molecule has 54 valence electrons. The maximum atomic E-state index is 3.84. The third-order valence-electron chi connectivity index (χ3n) is 1.51. The number of nitrogens with zero attached hydrogens (tertiary/aromatic N) is 6. The molecule has 0 N–H and O–H groups in total. The molecule has 0 fully saturated rings. The number of hydrogen-bond acceptors (Lipinski definition) is 6. The summed E-state index contributed by atoms with van der Waals surface area (Å²) in [6.45, 7) is 2.63. The third-order valence-corrected chi connectivity index (χ3v) is 1.51. The van der Waals surface area contributed by atoms with E-state index in [-0.39, 0.29) is 0 Å². The van der Waals surface area contributed by atoms with Crippen LogP contribution in [0.3, 0.4) is 0 Å². The Morgan fingerprint density at radius 1 is 0.600 bits per heavy atom. The Hall–Kier alpha value is -0.880. The quantitative estimate of drug-likeness (QED) is 0.524. The average Bonchev–Trinajstić information content (AvgIpc) is 2.59. The lowest BCUT2D eigenvalue weighted by atomic mass is 10.8. The van der Waals surface area contributed by atoms with E-state index in [1.165, 1.54) is 0 Å². The van der Waals surface area contributed by atoms with Crippen molar-refractivity contribution in [3.05, 3.63) is 0 Å². The Balaban J connectivity index is 1.89. The molecule has 0 amide bonds. The minimum atomic E-state index is 0.658. The topological polar surface area (TPSA) is 55.9 Å². The number of rotatable bonds is 1. The van der Waals surface area contributed by atoms with Crippen molar-refractivity contribution >= 4 is 0 Å². The molecule has 2 aliphatic heterocycles. The van der Waals surface area contributed by atoms with Gasteiger partial charge in [0, 0.05) is 0 Å². The predicted molar refractivity (Wildman–Crippen MR) is 32.9 cm³/mol. The zero-order chi connectivity index (χ0) is 6.81. The van der Waals surface area contributed by atoms with Crippen LogP contribution in [0, 0.1) is 0 Å². The molecule has 0 atom stereocenters. The van der Waals surface area contributed by atoms with Gasteiger partial charge in [0.2, 0.25) is 0 Å². The van der Waals surface area contributed by atoms with Gasteiger partial charge in [-0.3, -0.25) is 0 Å². The third kappa shape index (κ3) is 0.910. The lowest BCUT2D eigenvalue weighted by molar-refractivity contribution is 0.0137. The molecule has 0 aromatic heterocycles. The molecular weight excluding hydrogens is 132 g/mol. The molecule has 0 saturated heterocycles. The van der Waals surface area contributed by atoms with Crippen LogP contribution in [0.5, 0.6) is 0 Å². The van der Waals surface area contributed by atoms with Crippen LogP contribution in [0.1, 0.15) is 0 Å². The van der Waals surface area contributed by atoms with Crippen LogP contribution in [0.2, 0.25) is 0 Å². The van der Waals surface area contributed by atoms with Crippen molar-refractivity contribution in [1.82, 2.24) is 10.0 Å². The summed E-state index contributed by atoms with van der Waals surface area (Å²) in [5.41, 5.74) is 0. The lowest BCUT2D eigenvalue weighted by Crippen LogP contribution is -2.38. The monoisotopic (exact) mass is 140 g/mol. The number of hydrazine groups is 1. The van der Waals surface area contributed by atoms with Crippen molar-refractivity contribution in [2.24, 2.45) is 20.5 Å². The fourth-order valence-electron chi connectivity index (χ4n) is 0.918. The van der Waals surface area contributed by atoms with E-state index in [2.05, 4.69) is 20.5 Å². The standard InChI is InChI=1S/C4H8N6/c1-5-6-2-9(1)10-3-7-8-4-10/h1-4H2. The van der Waals surface area contributed by atoms with E-state index < -0.39 is 0 Å². The van der Waals surface area contributed by atoms with Crippen molar-refractivity contribution in [2.45, 2.75) is 0 Å². The second-order valence-electron chi connectivity index (χ2n) is 2.14. The molecule has 6 heteroatoms. The zero-order valence-corrected chi connectivity index (χ0v) is 5.51. The molecule has 6 nitrogen and oxygen atoms in total. The highest BCUT2D eigenvalue weighted by atomic mass is 15.7. The Kier molecular flexibility index (Phi) is 1.40. The molecule has 0 aliphatic carbocycles. The Bertz CT molecular complexity index is 139. The van der Waals surface area contributed by atoms with Gasteiger partial charge in [-0.25, -0.2) is 0 Å². The van der Waals surface area contributed by atoms with Crippen LogP contribution in [0.15, 0.2) is 20.5 Å². The molecule has 2 rings (SSSR count). The van der Waals surface area contributed by atoms with Crippen LogP contribution in [0.25, 0.3) is 0 Å². The first-order valence-corrected chi connectivity index (χ1v) is 3.13.